The summed E-state index contributed by atoms with van der Waals surface area (Å²) in [5, 5.41) is 9.87. The Morgan fingerprint density at radius 1 is 1.31 bits per heavy atom. The molecule has 88 valence electrons. The highest BCUT2D eigenvalue weighted by molar-refractivity contribution is 5.25. The molecule has 0 saturated heterocycles. The van der Waals surface area contributed by atoms with Crippen LogP contribution in [-0.4, -0.2) is 29.2 Å². The third-order valence-electron chi connectivity index (χ3n) is 3.69. The van der Waals surface area contributed by atoms with Crippen LogP contribution >= 0.6 is 0 Å². The number of aliphatic hydroxyl groups is 1. The molecule has 0 aromatic heterocycles. The van der Waals surface area contributed by atoms with E-state index in [1.807, 2.05) is 0 Å². The molecule has 0 heterocycles. The van der Waals surface area contributed by atoms with Gasteiger partial charge in [0.15, 0.2) is 0 Å². The number of hydrogen-bond acceptors (Lipinski definition) is 2. The highest BCUT2D eigenvalue weighted by Gasteiger charge is 2.28. The Hall–Kier alpha value is -0.860. The van der Waals surface area contributed by atoms with Crippen molar-refractivity contribution < 1.29 is 5.11 Å². The minimum Gasteiger partial charge on any atom is -0.391 e. The first-order chi connectivity index (χ1) is 7.68. The van der Waals surface area contributed by atoms with Crippen LogP contribution in [0.4, 0.5) is 0 Å². The zero-order valence-corrected chi connectivity index (χ0v) is 10.2. The van der Waals surface area contributed by atoms with Gasteiger partial charge in [0.2, 0.25) is 0 Å². The number of aliphatic hydroxyl groups excluding tert-OH is 1. The highest BCUT2D eigenvalue weighted by Crippen LogP contribution is 2.24. The van der Waals surface area contributed by atoms with E-state index in [2.05, 4.69) is 43.1 Å². The molecule has 2 unspecified atom stereocenters. The minimum atomic E-state index is -0.131. The summed E-state index contributed by atoms with van der Waals surface area (Å²) in [6.45, 7) is 3.09. The smallest absolute Gasteiger partial charge is 0.0695 e. The number of rotatable bonds is 3. The molecule has 2 atom stereocenters. The Morgan fingerprint density at radius 2 is 2.06 bits per heavy atom. The van der Waals surface area contributed by atoms with Gasteiger partial charge in [0.05, 0.1) is 6.10 Å². The molecule has 2 heteroatoms. The van der Waals surface area contributed by atoms with Gasteiger partial charge < -0.3 is 5.11 Å². The maximum Gasteiger partial charge on any atom is 0.0695 e. The molecule has 1 fully saturated rings. The minimum absolute atomic E-state index is 0.131. The van der Waals surface area contributed by atoms with Gasteiger partial charge in [-0.3, -0.25) is 4.90 Å². The fourth-order valence-corrected chi connectivity index (χ4v) is 2.61. The van der Waals surface area contributed by atoms with Crippen molar-refractivity contribution >= 4 is 0 Å². The molecule has 0 spiro atoms. The lowest BCUT2D eigenvalue weighted by molar-refractivity contribution is 0.0824. The predicted molar refractivity (Wildman–Crippen MR) is 66.3 cm³/mol. The molecule has 1 saturated carbocycles. The summed E-state index contributed by atoms with van der Waals surface area (Å²) in [4.78, 5) is 2.29. The third-order valence-corrected chi connectivity index (χ3v) is 3.69. The van der Waals surface area contributed by atoms with Crippen molar-refractivity contribution in [3.05, 3.63) is 35.4 Å². The van der Waals surface area contributed by atoms with E-state index in [-0.39, 0.29) is 6.10 Å². The van der Waals surface area contributed by atoms with Crippen LogP contribution in [0.1, 0.15) is 30.4 Å². The largest absolute Gasteiger partial charge is 0.391 e. The molecule has 2 nitrogen and oxygen atoms in total. The SMILES string of the molecule is Cc1ccccc1CN(C)C1CCCC1O. The first-order valence-corrected chi connectivity index (χ1v) is 6.11. The van der Waals surface area contributed by atoms with Crippen molar-refractivity contribution in [2.75, 3.05) is 7.05 Å². The van der Waals surface area contributed by atoms with Gasteiger partial charge in [0, 0.05) is 12.6 Å². The molecule has 16 heavy (non-hydrogen) atoms. The quantitative estimate of drug-likeness (QED) is 0.843. The van der Waals surface area contributed by atoms with E-state index < -0.39 is 0 Å². The molecule has 1 aliphatic carbocycles. The summed E-state index contributed by atoms with van der Waals surface area (Å²) in [5.41, 5.74) is 2.70. The van der Waals surface area contributed by atoms with Crippen LogP contribution in [0.3, 0.4) is 0 Å². The second kappa shape index (κ2) is 4.98. The highest BCUT2D eigenvalue weighted by atomic mass is 16.3. The number of likely N-dealkylation sites (N-methyl/N-ethyl adjacent to an activating group) is 1. The first-order valence-electron chi connectivity index (χ1n) is 6.11. The fraction of sp³-hybridized carbons (Fsp3) is 0.571. The van der Waals surface area contributed by atoms with Crippen molar-refractivity contribution in [3.63, 3.8) is 0 Å². The Labute approximate surface area is 97.9 Å². The molecular formula is C14H21NO. The van der Waals surface area contributed by atoms with Crippen molar-refractivity contribution in [2.24, 2.45) is 0 Å². The maximum absolute atomic E-state index is 9.87. The van der Waals surface area contributed by atoms with E-state index in [1.54, 1.807) is 0 Å². The Morgan fingerprint density at radius 3 is 2.69 bits per heavy atom. The topological polar surface area (TPSA) is 23.5 Å². The van der Waals surface area contributed by atoms with Crippen molar-refractivity contribution in [2.45, 2.75) is 44.9 Å². The summed E-state index contributed by atoms with van der Waals surface area (Å²) in [6, 6.07) is 8.82. The first kappa shape index (κ1) is 11.6. The van der Waals surface area contributed by atoms with Crippen LogP contribution in [0, 0.1) is 6.92 Å². The zero-order chi connectivity index (χ0) is 11.5. The van der Waals surface area contributed by atoms with E-state index in [1.165, 1.54) is 11.1 Å². The predicted octanol–water partition coefficient (Wildman–Crippen LogP) is 2.34. The lowest BCUT2D eigenvalue weighted by atomic mass is 10.1. The molecule has 2 rings (SSSR count). The van der Waals surface area contributed by atoms with E-state index in [0.29, 0.717) is 6.04 Å². The molecular weight excluding hydrogens is 198 g/mol. The van der Waals surface area contributed by atoms with Gasteiger partial charge in [-0.2, -0.15) is 0 Å². The van der Waals surface area contributed by atoms with Gasteiger partial charge >= 0.3 is 0 Å². The van der Waals surface area contributed by atoms with Gasteiger partial charge in [-0.25, -0.2) is 0 Å². The van der Waals surface area contributed by atoms with Gasteiger partial charge in [0.25, 0.3) is 0 Å². The van der Waals surface area contributed by atoms with E-state index in [9.17, 15) is 5.11 Å². The van der Waals surface area contributed by atoms with Crippen molar-refractivity contribution in [1.29, 1.82) is 0 Å². The lowest BCUT2D eigenvalue weighted by Gasteiger charge is -2.27. The normalized spacial score (nSPS) is 25.2. The van der Waals surface area contributed by atoms with Gasteiger partial charge in [-0.15, -0.1) is 0 Å². The summed E-state index contributed by atoms with van der Waals surface area (Å²) in [5.74, 6) is 0. The molecule has 0 radical (unpaired) electrons. The molecule has 1 N–H and O–H groups in total. The molecule has 0 aliphatic heterocycles. The molecule has 0 amide bonds. The van der Waals surface area contributed by atoms with Crippen molar-refractivity contribution in [3.8, 4) is 0 Å². The van der Waals surface area contributed by atoms with Crippen molar-refractivity contribution in [1.82, 2.24) is 4.90 Å². The average molecular weight is 219 g/mol. The summed E-state index contributed by atoms with van der Waals surface area (Å²) in [7, 11) is 2.12. The third kappa shape index (κ3) is 2.45. The standard InChI is InChI=1S/C14H21NO/c1-11-6-3-4-7-12(11)10-15(2)13-8-5-9-14(13)16/h3-4,6-7,13-14,16H,5,8-10H2,1-2H3. The van der Waals surface area contributed by atoms with E-state index in [4.69, 9.17) is 0 Å². The van der Waals surface area contributed by atoms with Crippen LogP contribution in [0.15, 0.2) is 24.3 Å². The number of nitrogens with zero attached hydrogens (tertiary/aromatic N) is 1. The van der Waals surface area contributed by atoms with Crippen LogP contribution in [0.5, 0.6) is 0 Å². The second-order valence-corrected chi connectivity index (χ2v) is 4.91. The Kier molecular flexibility index (Phi) is 3.62. The molecule has 1 aromatic carbocycles. The molecule has 0 bridgehead atoms. The van der Waals surface area contributed by atoms with Crippen LogP contribution < -0.4 is 0 Å². The van der Waals surface area contributed by atoms with Gasteiger partial charge in [-0.05, 0) is 44.4 Å². The Bertz CT molecular complexity index is 350. The maximum atomic E-state index is 9.87. The zero-order valence-electron chi connectivity index (χ0n) is 10.2. The van der Waals surface area contributed by atoms with E-state index >= 15 is 0 Å². The average Bonchev–Trinajstić information content (AvgIpc) is 2.68. The Balaban J connectivity index is 2.02. The number of benzene rings is 1. The van der Waals surface area contributed by atoms with Gasteiger partial charge in [-0.1, -0.05) is 24.3 Å². The number of aryl methyl sites for hydroxylation is 1. The van der Waals surface area contributed by atoms with Crippen LogP contribution in [-0.2, 0) is 6.54 Å². The number of hydrogen-bond donors (Lipinski definition) is 1. The second-order valence-electron chi connectivity index (χ2n) is 4.91. The molecule has 1 aliphatic rings. The fourth-order valence-electron chi connectivity index (χ4n) is 2.61. The van der Waals surface area contributed by atoms with Gasteiger partial charge in [0.1, 0.15) is 0 Å². The molecule has 1 aromatic rings. The summed E-state index contributed by atoms with van der Waals surface area (Å²) < 4.78 is 0. The van der Waals surface area contributed by atoms with E-state index in [0.717, 1.165) is 25.8 Å². The van der Waals surface area contributed by atoms with Crippen LogP contribution in [0.25, 0.3) is 0 Å². The summed E-state index contributed by atoms with van der Waals surface area (Å²) in [6.07, 6.45) is 3.12. The lowest BCUT2D eigenvalue weighted by Crippen LogP contribution is -2.37. The monoisotopic (exact) mass is 219 g/mol. The summed E-state index contributed by atoms with van der Waals surface area (Å²) >= 11 is 0. The van der Waals surface area contributed by atoms with Crippen LogP contribution in [0.2, 0.25) is 0 Å².